The van der Waals surface area contributed by atoms with Gasteiger partial charge in [-0.1, -0.05) is 24.3 Å². The van der Waals surface area contributed by atoms with Crippen LogP contribution in [0.1, 0.15) is 27.9 Å². The Morgan fingerprint density at radius 3 is 2.29 bits per heavy atom. The number of hydrogen-bond donors (Lipinski definition) is 4. The topological polar surface area (TPSA) is 131 Å². The maximum Gasteiger partial charge on any atom is 0.419 e. The number of piperazine rings is 1. The van der Waals surface area contributed by atoms with E-state index in [1.165, 1.54) is 32.4 Å². The number of methoxy groups -OCH3 is 1. The molecule has 6 rings (SSSR count). The number of hydrogen-bond acceptors (Lipinski definition) is 9. The summed E-state index contributed by atoms with van der Waals surface area (Å²) in [6, 6.07) is 20.5. The fourth-order valence-corrected chi connectivity index (χ4v) is 6.05. The third kappa shape index (κ3) is 8.15. The molecule has 15 heteroatoms. The van der Waals surface area contributed by atoms with Gasteiger partial charge < -0.3 is 25.6 Å². The average molecular weight is 703 g/mol. The molecule has 0 bridgehead atoms. The number of halogens is 3. The summed E-state index contributed by atoms with van der Waals surface area (Å²) in [4.78, 5) is 46.1. The molecule has 0 saturated carbocycles. The number of carbonyl (C=O) groups excluding carboxylic acids is 3. The van der Waals surface area contributed by atoms with Crippen LogP contribution in [0, 0.1) is 0 Å². The minimum atomic E-state index is -4.69. The van der Waals surface area contributed by atoms with Gasteiger partial charge in [-0.25, -0.2) is 9.78 Å². The van der Waals surface area contributed by atoms with Gasteiger partial charge in [0, 0.05) is 82.4 Å². The van der Waals surface area contributed by atoms with E-state index >= 15 is 0 Å². The summed E-state index contributed by atoms with van der Waals surface area (Å²) in [5.41, 5.74) is 2.46. The highest BCUT2D eigenvalue weighted by Crippen LogP contribution is 2.39. The molecule has 2 aliphatic rings. The van der Waals surface area contributed by atoms with Crippen molar-refractivity contribution in [2.24, 2.45) is 0 Å². The van der Waals surface area contributed by atoms with E-state index < -0.39 is 23.7 Å². The van der Waals surface area contributed by atoms with Crippen LogP contribution < -0.4 is 35.8 Å². The largest absolute Gasteiger partial charge is 0.494 e. The van der Waals surface area contributed by atoms with Gasteiger partial charge in [0.15, 0.2) is 0 Å². The van der Waals surface area contributed by atoms with E-state index in [1.807, 2.05) is 36.4 Å². The van der Waals surface area contributed by atoms with Crippen molar-refractivity contribution in [3.63, 3.8) is 0 Å². The van der Waals surface area contributed by atoms with Gasteiger partial charge in [-0.3, -0.25) is 24.7 Å². The molecule has 3 heterocycles. The predicted molar refractivity (Wildman–Crippen MR) is 188 cm³/mol. The number of nitrogens with zero attached hydrogens (tertiary/aromatic N) is 4. The van der Waals surface area contributed by atoms with E-state index in [0.717, 1.165) is 55.9 Å². The zero-order valence-corrected chi connectivity index (χ0v) is 28.0. The van der Waals surface area contributed by atoms with E-state index in [-0.39, 0.29) is 35.1 Å². The number of urea groups is 1. The van der Waals surface area contributed by atoms with Gasteiger partial charge in [-0.15, -0.1) is 0 Å². The fourth-order valence-electron chi connectivity index (χ4n) is 6.05. The molecular weight excluding hydrogens is 665 g/mol. The molecule has 0 radical (unpaired) electrons. The number of pyridine rings is 1. The third-order valence-corrected chi connectivity index (χ3v) is 8.77. The lowest BCUT2D eigenvalue weighted by Crippen LogP contribution is -2.49. The lowest BCUT2D eigenvalue weighted by molar-refractivity contribution is -0.137. The Labute approximate surface area is 292 Å². The first-order chi connectivity index (χ1) is 24.5. The van der Waals surface area contributed by atoms with Crippen molar-refractivity contribution in [3.8, 4) is 5.75 Å². The number of anilines is 6. The number of aromatic nitrogens is 1. The highest BCUT2D eigenvalue weighted by Gasteiger charge is 2.35. The van der Waals surface area contributed by atoms with Crippen molar-refractivity contribution in [1.29, 1.82) is 0 Å². The summed E-state index contributed by atoms with van der Waals surface area (Å²) in [7, 11) is 2.97. The summed E-state index contributed by atoms with van der Waals surface area (Å²) in [6.45, 7) is 4.27. The summed E-state index contributed by atoms with van der Waals surface area (Å²) >= 11 is 0. The second kappa shape index (κ2) is 15.0. The van der Waals surface area contributed by atoms with E-state index in [4.69, 9.17) is 4.74 Å². The van der Waals surface area contributed by atoms with Crippen LogP contribution in [0.3, 0.4) is 0 Å². The Hall–Kier alpha value is -5.83. The highest BCUT2D eigenvalue weighted by molar-refractivity contribution is 6.05. The Kier molecular flexibility index (Phi) is 10.3. The van der Waals surface area contributed by atoms with Crippen LogP contribution in [0.2, 0.25) is 0 Å². The lowest BCUT2D eigenvalue weighted by Gasteiger charge is -2.36. The third-order valence-electron chi connectivity index (χ3n) is 8.77. The highest BCUT2D eigenvalue weighted by atomic mass is 19.4. The quantitative estimate of drug-likeness (QED) is 0.164. The standard InChI is InChI=1S/C36H37F3N8O4/c1-40-34(49)26-5-3-4-6-28(26)42-30-20-32(41-21-27(30)36(37,38)39)43-29-12-11-25(19-31(29)51-2)46-17-15-45(16-18-46)22-23-7-9-24(10-8-23)47-14-13-33(48)44-35(47)50/h3-12,19-21H,13-18,22H2,1-2H3,(H,40,49)(H2,41,42,43)(H,44,48,50). The molecule has 1 aromatic heterocycles. The monoisotopic (exact) mass is 702 g/mol. The first kappa shape index (κ1) is 35.0. The van der Waals surface area contributed by atoms with Gasteiger partial charge in [0.25, 0.3) is 5.91 Å². The van der Waals surface area contributed by atoms with Crippen LogP contribution in [-0.2, 0) is 17.5 Å². The first-order valence-corrected chi connectivity index (χ1v) is 16.3. The summed E-state index contributed by atoms with van der Waals surface area (Å²) in [5, 5.41) is 10.7. The number of imide groups is 1. The molecule has 3 aromatic carbocycles. The van der Waals surface area contributed by atoms with Crippen molar-refractivity contribution in [3.05, 3.63) is 95.7 Å². The Balaban J connectivity index is 1.10. The normalized spacial score (nSPS) is 15.3. The molecule has 0 spiro atoms. The molecular formula is C36H37F3N8O4. The molecule has 0 unspecified atom stereocenters. The van der Waals surface area contributed by atoms with Crippen LogP contribution in [0.15, 0.2) is 79.0 Å². The number of benzene rings is 3. The number of para-hydroxylation sites is 1. The van der Waals surface area contributed by atoms with Gasteiger partial charge >= 0.3 is 12.2 Å². The number of rotatable bonds is 10. The fraction of sp³-hybridized carbons (Fsp3) is 0.278. The van der Waals surface area contributed by atoms with Crippen molar-refractivity contribution in [2.75, 3.05) is 67.3 Å². The first-order valence-electron chi connectivity index (χ1n) is 16.3. The van der Waals surface area contributed by atoms with Gasteiger partial charge in [0.05, 0.1) is 35.3 Å². The van der Waals surface area contributed by atoms with Crippen LogP contribution in [0.5, 0.6) is 5.75 Å². The number of alkyl halides is 3. The molecule has 4 aromatic rings. The SMILES string of the molecule is CNC(=O)c1ccccc1Nc1cc(Nc2ccc(N3CCN(Cc4ccc(N5CCC(=O)NC5=O)cc4)CC3)cc2OC)ncc1C(F)(F)F. The van der Waals surface area contributed by atoms with E-state index in [0.29, 0.717) is 18.0 Å². The van der Waals surface area contributed by atoms with E-state index in [9.17, 15) is 27.6 Å². The van der Waals surface area contributed by atoms with Crippen LogP contribution >= 0.6 is 0 Å². The minimum Gasteiger partial charge on any atom is -0.494 e. The maximum absolute atomic E-state index is 14.0. The van der Waals surface area contributed by atoms with Crippen molar-refractivity contribution in [2.45, 2.75) is 19.1 Å². The summed E-state index contributed by atoms with van der Waals surface area (Å²) < 4.78 is 47.6. The second-order valence-electron chi connectivity index (χ2n) is 12.1. The van der Waals surface area contributed by atoms with Crippen molar-refractivity contribution < 1.29 is 32.3 Å². The van der Waals surface area contributed by atoms with Gasteiger partial charge in [0.1, 0.15) is 11.6 Å². The summed E-state index contributed by atoms with van der Waals surface area (Å²) in [6.07, 6.45) is -3.67. The molecule has 12 nitrogen and oxygen atoms in total. The van der Waals surface area contributed by atoms with E-state index in [2.05, 4.69) is 36.1 Å². The maximum atomic E-state index is 14.0. The van der Waals surface area contributed by atoms with Crippen molar-refractivity contribution in [1.82, 2.24) is 20.5 Å². The number of nitrogens with one attached hydrogen (secondary N) is 4. The number of ether oxygens (including phenoxy) is 1. The van der Waals surface area contributed by atoms with Gasteiger partial charge in [-0.2, -0.15) is 13.2 Å². The summed E-state index contributed by atoms with van der Waals surface area (Å²) in [5.74, 6) is -0.0742. The lowest BCUT2D eigenvalue weighted by atomic mass is 10.1. The van der Waals surface area contributed by atoms with Crippen LogP contribution in [0.4, 0.5) is 52.2 Å². The number of amides is 4. The molecule has 4 N–H and O–H groups in total. The molecule has 2 saturated heterocycles. The predicted octanol–water partition coefficient (Wildman–Crippen LogP) is 5.72. The minimum absolute atomic E-state index is 0.143. The van der Waals surface area contributed by atoms with Crippen LogP contribution in [-0.4, -0.2) is 74.6 Å². The zero-order chi connectivity index (χ0) is 36.1. The molecule has 51 heavy (non-hydrogen) atoms. The molecule has 266 valence electrons. The molecule has 2 fully saturated rings. The Morgan fingerprint density at radius 2 is 1.61 bits per heavy atom. The Morgan fingerprint density at radius 1 is 0.882 bits per heavy atom. The molecule has 0 aliphatic carbocycles. The van der Waals surface area contributed by atoms with E-state index in [1.54, 1.807) is 23.1 Å². The molecule has 2 aliphatic heterocycles. The van der Waals surface area contributed by atoms with Crippen LogP contribution in [0.25, 0.3) is 0 Å². The van der Waals surface area contributed by atoms with Crippen molar-refractivity contribution >= 4 is 52.1 Å². The van der Waals surface area contributed by atoms with Gasteiger partial charge in [0.2, 0.25) is 5.91 Å². The zero-order valence-electron chi connectivity index (χ0n) is 28.0. The van der Waals surface area contributed by atoms with Gasteiger partial charge in [-0.05, 0) is 42.0 Å². The smallest absolute Gasteiger partial charge is 0.419 e. The molecule has 4 amide bonds. The second-order valence-corrected chi connectivity index (χ2v) is 12.1. The number of carbonyl (C=O) groups is 3. The Bertz CT molecular complexity index is 1910. The molecule has 0 atom stereocenters. The average Bonchev–Trinajstić information content (AvgIpc) is 3.12.